The third-order valence-electron chi connectivity index (χ3n) is 2.20. The number of nitrogens with one attached hydrogen (secondary N) is 2. The molecule has 7 heteroatoms. The van der Waals surface area contributed by atoms with Gasteiger partial charge in [0, 0.05) is 24.8 Å². The predicted octanol–water partition coefficient (Wildman–Crippen LogP) is 1.59. The van der Waals surface area contributed by atoms with Crippen LogP contribution in [-0.4, -0.2) is 22.0 Å². The van der Waals surface area contributed by atoms with E-state index in [1.807, 2.05) is 0 Å². The van der Waals surface area contributed by atoms with Crippen LogP contribution in [0.25, 0.3) is 0 Å². The van der Waals surface area contributed by atoms with Crippen LogP contribution < -0.4 is 10.6 Å². The van der Waals surface area contributed by atoms with Gasteiger partial charge in [-0.05, 0) is 19.1 Å². The first-order chi connectivity index (χ1) is 9.04. The summed E-state index contributed by atoms with van der Waals surface area (Å²) in [5, 5.41) is 8.74. The van der Waals surface area contributed by atoms with Gasteiger partial charge in [0.15, 0.2) is 5.82 Å². The summed E-state index contributed by atoms with van der Waals surface area (Å²) >= 11 is 0. The van der Waals surface area contributed by atoms with Gasteiger partial charge < -0.3 is 15.2 Å². The van der Waals surface area contributed by atoms with Crippen molar-refractivity contribution in [2.45, 2.75) is 13.8 Å². The van der Waals surface area contributed by atoms with Gasteiger partial charge in [-0.2, -0.15) is 0 Å². The van der Waals surface area contributed by atoms with Gasteiger partial charge in [0.25, 0.3) is 5.91 Å². The summed E-state index contributed by atoms with van der Waals surface area (Å²) in [5.41, 5.74) is 0.361. The van der Waals surface area contributed by atoms with Crippen LogP contribution in [0.1, 0.15) is 23.0 Å². The Morgan fingerprint density at radius 1 is 1.21 bits per heavy atom. The minimum absolute atomic E-state index is 0.253. The third kappa shape index (κ3) is 3.38. The summed E-state index contributed by atoms with van der Waals surface area (Å²) in [6, 6.07) is 4.62. The molecule has 0 spiro atoms. The molecule has 0 aliphatic carbocycles. The Hall–Kier alpha value is -2.70. The van der Waals surface area contributed by atoms with E-state index in [-0.39, 0.29) is 11.8 Å². The largest absolute Gasteiger partial charge is 0.360 e. The number of carbonyl (C=O) groups is 2. The van der Waals surface area contributed by atoms with E-state index in [4.69, 9.17) is 4.52 Å². The predicted molar refractivity (Wildman–Crippen MR) is 67.7 cm³/mol. The van der Waals surface area contributed by atoms with Gasteiger partial charge in [-0.15, -0.1) is 0 Å². The lowest BCUT2D eigenvalue weighted by Gasteiger charge is -2.04. The molecule has 2 amide bonds. The summed E-state index contributed by atoms with van der Waals surface area (Å²) in [7, 11) is 0. The van der Waals surface area contributed by atoms with Crippen molar-refractivity contribution in [3.63, 3.8) is 0 Å². The molecule has 0 atom stereocenters. The van der Waals surface area contributed by atoms with Crippen molar-refractivity contribution in [3.05, 3.63) is 35.7 Å². The van der Waals surface area contributed by atoms with Crippen LogP contribution in [0.3, 0.4) is 0 Å². The Kier molecular flexibility index (Phi) is 3.56. The van der Waals surface area contributed by atoms with E-state index >= 15 is 0 Å². The van der Waals surface area contributed by atoms with Crippen molar-refractivity contribution in [2.75, 3.05) is 10.6 Å². The summed E-state index contributed by atoms with van der Waals surface area (Å²) < 4.78 is 4.84. The van der Waals surface area contributed by atoms with E-state index in [1.54, 1.807) is 13.0 Å². The number of hydrogen-bond acceptors (Lipinski definition) is 5. The molecule has 0 aliphatic heterocycles. The second-order valence-electron chi connectivity index (χ2n) is 3.89. The van der Waals surface area contributed by atoms with Gasteiger partial charge in [-0.1, -0.05) is 5.16 Å². The van der Waals surface area contributed by atoms with Crippen LogP contribution >= 0.6 is 0 Å². The van der Waals surface area contributed by atoms with E-state index in [2.05, 4.69) is 20.8 Å². The first kappa shape index (κ1) is 12.7. The molecule has 0 aromatic carbocycles. The Morgan fingerprint density at radius 3 is 2.63 bits per heavy atom. The third-order valence-corrected chi connectivity index (χ3v) is 2.20. The smallest absolute Gasteiger partial charge is 0.257 e. The van der Waals surface area contributed by atoms with Gasteiger partial charge in [0.05, 0.1) is 0 Å². The van der Waals surface area contributed by atoms with Crippen molar-refractivity contribution in [2.24, 2.45) is 0 Å². The average Bonchev–Trinajstić information content (AvgIpc) is 2.74. The second kappa shape index (κ2) is 5.30. The van der Waals surface area contributed by atoms with Gasteiger partial charge >= 0.3 is 0 Å². The molecule has 0 aliphatic rings. The fourth-order valence-electron chi connectivity index (χ4n) is 1.43. The maximum absolute atomic E-state index is 11.9. The average molecular weight is 260 g/mol. The molecule has 0 fully saturated rings. The highest BCUT2D eigenvalue weighted by Crippen LogP contribution is 2.11. The number of amides is 2. The van der Waals surface area contributed by atoms with Crippen LogP contribution in [0.15, 0.2) is 28.9 Å². The van der Waals surface area contributed by atoms with Crippen molar-refractivity contribution in [1.29, 1.82) is 0 Å². The molecule has 2 aromatic heterocycles. The van der Waals surface area contributed by atoms with Crippen molar-refractivity contribution >= 4 is 23.5 Å². The van der Waals surface area contributed by atoms with Crippen molar-refractivity contribution < 1.29 is 14.1 Å². The molecule has 7 nitrogen and oxygen atoms in total. The molecule has 0 saturated carbocycles. The fraction of sp³-hybridized carbons (Fsp3) is 0.167. The maximum atomic E-state index is 11.9. The number of pyridine rings is 1. The lowest BCUT2D eigenvalue weighted by molar-refractivity contribution is -0.114. The lowest BCUT2D eigenvalue weighted by atomic mass is 10.2. The maximum Gasteiger partial charge on any atom is 0.257 e. The van der Waals surface area contributed by atoms with E-state index in [9.17, 15) is 9.59 Å². The van der Waals surface area contributed by atoms with Gasteiger partial charge in [-0.3, -0.25) is 9.59 Å². The molecule has 2 rings (SSSR count). The molecule has 0 unspecified atom stereocenters. The fourth-order valence-corrected chi connectivity index (χ4v) is 1.43. The molecule has 2 heterocycles. The molecule has 98 valence electrons. The first-order valence-electron chi connectivity index (χ1n) is 5.53. The highest BCUT2D eigenvalue weighted by Gasteiger charge is 2.10. The first-order valence-corrected chi connectivity index (χ1v) is 5.53. The van der Waals surface area contributed by atoms with E-state index in [0.29, 0.717) is 23.0 Å². The molecule has 0 saturated heterocycles. The Bertz CT molecular complexity index is 621. The minimum atomic E-state index is -0.359. The normalized spacial score (nSPS) is 10.0. The number of aryl methyl sites for hydroxylation is 1. The minimum Gasteiger partial charge on any atom is -0.360 e. The van der Waals surface area contributed by atoms with E-state index in [1.165, 1.54) is 25.3 Å². The van der Waals surface area contributed by atoms with Crippen LogP contribution in [0.5, 0.6) is 0 Å². The number of carbonyl (C=O) groups excluding carboxylic acids is 2. The highest BCUT2D eigenvalue weighted by molar-refractivity contribution is 6.04. The SMILES string of the molecule is CC(=O)Nc1cc(C(=O)Nc2cc(C)on2)ccn1. The van der Waals surface area contributed by atoms with Gasteiger partial charge in [-0.25, -0.2) is 4.98 Å². The van der Waals surface area contributed by atoms with Crippen molar-refractivity contribution in [1.82, 2.24) is 10.1 Å². The van der Waals surface area contributed by atoms with E-state index < -0.39 is 0 Å². The standard InChI is InChI=1S/C12H12N4O3/c1-7-5-11(16-19-7)15-12(18)9-3-4-13-10(6-9)14-8(2)17/h3-6H,1-2H3,(H,13,14,17)(H,15,16,18). The zero-order valence-corrected chi connectivity index (χ0v) is 10.4. The molecular formula is C12H12N4O3. The van der Waals surface area contributed by atoms with Gasteiger partial charge in [0.1, 0.15) is 11.6 Å². The molecule has 2 aromatic rings. The number of nitrogens with zero attached hydrogens (tertiary/aromatic N) is 2. The number of anilines is 2. The highest BCUT2D eigenvalue weighted by atomic mass is 16.5. The Balaban J connectivity index is 2.12. The Labute approximate surface area is 109 Å². The summed E-state index contributed by atoms with van der Waals surface area (Å²) in [6.07, 6.45) is 1.44. The molecule has 0 radical (unpaired) electrons. The van der Waals surface area contributed by atoms with Gasteiger partial charge in [0.2, 0.25) is 5.91 Å². The number of hydrogen-bond donors (Lipinski definition) is 2. The molecule has 19 heavy (non-hydrogen) atoms. The molecule has 0 bridgehead atoms. The zero-order valence-electron chi connectivity index (χ0n) is 10.4. The Morgan fingerprint density at radius 2 is 2.00 bits per heavy atom. The summed E-state index contributed by atoms with van der Waals surface area (Å²) in [5.74, 6) is 0.639. The molecular weight excluding hydrogens is 248 g/mol. The quantitative estimate of drug-likeness (QED) is 0.873. The topological polar surface area (TPSA) is 97.1 Å². The lowest BCUT2D eigenvalue weighted by Crippen LogP contribution is -2.14. The monoisotopic (exact) mass is 260 g/mol. The number of rotatable bonds is 3. The van der Waals surface area contributed by atoms with Crippen molar-refractivity contribution in [3.8, 4) is 0 Å². The van der Waals surface area contributed by atoms with Crippen LogP contribution in [0.4, 0.5) is 11.6 Å². The number of aromatic nitrogens is 2. The van der Waals surface area contributed by atoms with Crippen LogP contribution in [0.2, 0.25) is 0 Å². The van der Waals surface area contributed by atoms with Crippen LogP contribution in [-0.2, 0) is 4.79 Å². The van der Waals surface area contributed by atoms with Crippen LogP contribution in [0, 0.1) is 6.92 Å². The molecule has 2 N–H and O–H groups in total. The summed E-state index contributed by atoms with van der Waals surface area (Å²) in [4.78, 5) is 26.8. The zero-order chi connectivity index (χ0) is 13.8. The summed E-state index contributed by atoms with van der Waals surface area (Å²) in [6.45, 7) is 3.09. The van der Waals surface area contributed by atoms with E-state index in [0.717, 1.165) is 0 Å². The second-order valence-corrected chi connectivity index (χ2v) is 3.89.